The van der Waals surface area contributed by atoms with Crippen molar-refractivity contribution in [2.75, 3.05) is 81.6 Å². The maximum Gasteiger partial charge on any atom is 0.229 e. The zero-order valence-corrected chi connectivity index (χ0v) is 21.8. The second kappa shape index (κ2) is 11.6. The molecule has 1 aromatic carbocycles. The number of piperazine rings is 1. The summed E-state index contributed by atoms with van der Waals surface area (Å²) in [5.41, 5.74) is 3.69. The number of rotatable bonds is 9. The van der Waals surface area contributed by atoms with Crippen molar-refractivity contribution in [2.45, 2.75) is 31.6 Å². The number of ether oxygens (including phenoxy) is 1. The fraction of sp³-hybridized carbons (Fsp3) is 0.577. The van der Waals surface area contributed by atoms with Gasteiger partial charge in [-0.1, -0.05) is 11.6 Å². The number of benzene rings is 1. The zero-order valence-electron chi connectivity index (χ0n) is 21.0. The van der Waals surface area contributed by atoms with Crippen LogP contribution in [-0.2, 0) is 9.53 Å². The first-order valence-electron chi connectivity index (χ1n) is 13.0. The maximum absolute atomic E-state index is 12.1. The van der Waals surface area contributed by atoms with Gasteiger partial charge >= 0.3 is 0 Å². The number of likely N-dealkylation sites (N-methyl/N-ethyl adjacent to an activating group) is 1. The molecule has 0 atom stereocenters. The molecule has 2 N–H and O–H groups in total. The molecular formula is C26H36ClN7O2. The maximum atomic E-state index is 12.1. The predicted octanol–water partition coefficient (Wildman–Crippen LogP) is 3.55. The quantitative estimate of drug-likeness (QED) is 0.492. The van der Waals surface area contributed by atoms with E-state index < -0.39 is 0 Å². The van der Waals surface area contributed by atoms with Gasteiger partial charge in [0.1, 0.15) is 10.8 Å². The van der Waals surface area contributed by atoms with E-state index in [4.69, 9.17) is 16.3 Å². The summed E-state index contributed by atoms with van der Waals surface area (Å²) in [5.74, 6) is 1.87. The molecule has 1 aliphatic carbocycles. The molecule has 1 aromatic heterocycles. The molecule has 194 valence electrons. The van der Waals surface area contributed by atoms with E-state index in [1.165, 1.54) is 24.1 Å². The van der Waals surface area contributed by atoms with Crippen LogP contribution in [0.1, 0.15) is 37.2 Å². The molecule has 0 radical (unpaired) electrons. The Balaban J connectivity index is 1.21. The number of aromatic nitrogens is 2. The van der Waals surface area contributed by atoms with Gasteiger partial charge in [0.05, 0.1) is 25.8 Å². The van der Waals surface area contributed by atoms with Gasteiger partial charge in [-0.15, -0.1) is 0 Å². The summed E-state index contributed by atoms with van der Waals surface area (Å²) in [6.07, 6.45) is 5.33. The van der Waals surface area contributed by atoms with E-state index >= 15 is 0 Å². The van der Waals surface area contributed by atoms with Crippen LogP contribution in [0.4, 0.5) is 23.1 Å². The average molecular weight is 514 g/mol. The molecule has 1 saturated carbocycles. The van der Waals surface area contributed by atoms with E-state index in [2.05, 4.69) is 55.6 Å². The summed E-state index contributed by atoms with van der Waals surface area (Å²) in [5, 5.41) is 7.23. The Morgan fingerprint density at radius 3 is 2.78 bits per heavy atom. The number of hydrogen-bond acceptors (Lipinski definition) is 8. The first-order chi connectivity index (χ1) is 17.6. The summed E-state index contributed by atoms with van der Waals surface area (Å²) in [7, 11) is 2.18. The van der Waals surface area contributed by atoms with Gasteiger partial charge < -0.3 is 30.1 Å². The highest BCUT2D eigenvalue weighted by molar-refractivity contribution is 6.32. The van der Waals surface area contributed by atoms with Crippen LogP contribution in [-0.4, -0.2) is 91.7 Å². The fourth-order valence-corrected chi connectivity index (χ4v) is 4.92. The average Bonchev–Trinajstić information content (AvgIpc) is 3.74. The van der Waals surface area contributed by atoms with Crippen molar-refractivity contribution in [3.05, 3.63) is 35.0 Å². The van der Waals surface area contributed by atoms with Crippen LogP contribution < -0.4 is 15.5 Å². The van der Waals surface area contributed by atoms with Gasteiger partial charge in [0, 0.05) is 57.2 Å². The highest BCUT2D eigenvalue weighted by atomic mass is 35.5. The number of halogens is 1. The van der Waals surface area contributed by atoms with Crippen LogP contribution in [0.15, 0.2) is 24.4 Å². The van der Waals surface area contributed by atoms with E-state index in [9.17, 15) is 4.79 Å². The number of amides is 1. The molecule has 2 saturated heterocycles. The molecular weight excluding hydrogens is 478 g/mol. The molecule has 0 bridgehead atoms. The highest BCUT2D eigenvalue weighted by Gasteiger charge is 2.28. The molecule has 5 rings (SSSR count). The van der Waals surface area contributed by atoms with E-state index in [1.54, 1.807) is 6.20 Å². The van der Waals surface area contributed by atoms with Crippen LogP contribution in [0.5, 0.6) is 0 Å². The van der Waals surface area contributed by atoms with Crippen molar-refractivity contribution >= 4 is 40.6 Å². The van der Waals surface area contributed by atoms with E-state index in [0.29, 0.717) is 62.0 Å². The summed E-state index contributed by atoms with van der Waals surface area (Å²) in [4.78, 5) is 27.9. The number of carbonyl (C=O) groups is 1. The summed E-state index contributed by atoms with van der Waals surface area (Å²) >= 11 is 6.38. The van der Waals surface area contributed by atoms with Crippen molar-refractivity contribution in [2.24, 2.45) is 0 Å². The van der Waals surface area contributed by atoms with Gasteiger partial charge in [-0.25, -0.2) is 4.98 Å². The topological polar surface area (TPSA) is 85.9 Å². The zero-order chi connectivity index (χ0) is 24.9. The van der Waals surface area contributed by atoms with Gasteiger partial charge in [-0.3, -0.25) is 4.79 Å². The number of hydrogen-bond donors (Lipinski definition) is 2. The highest BCUT2D eigenvalue weighted by Crippen LogP contribution is 2.45. The number of anilines is 4. The minimum Gasteiger partial charge on any atom is -0.379 e. The molecule has 3 heterocycles. The Hall–Kier alpha value is -2.62. The molecule has 2 aromatic rings. The third-order valence-corrected chi connectivity index (χ3v) is 7.40. The van der Waals surface area contributed by atoms with Gasteiger partial charge in [0.2, 0.25) is 11.9 Å². The molecule has 0 spiro atoms. The van der Waals surface area contributed by atoms with Gasteiger partial charge in [-0.05, 0) is 56.0 Å². The molecule has 0 unspecified atom stereocenters. The molecule has 3 fully saturated rings. The molecule has 10 heteroatoms. The predicted molar refractivity (Wildman–Crippen MR) is 144 cm³/mol. The fourth-order valence-electron chi connectivity index (χ4n) is 4.76. The first kappa shape index (κ1) is 25.0. The van der Waals surface area contributed by atoms with Crippen LogP contribution in [0, 0.1) is 0 Å². The molecule has 1 amide bonds. The Bertz CT molecular complexity index is 1060. The normalized spacial score (nSPS) is 19.3. The SMILES string of the molecule is CN1CCN(c2ccc(Nc3ncc(Cl)c(NCCCN4CCOCCC4=O)n3)c(C3CC3)c2)CC1. The second-order valence-corrected chi connectivity index (χ2v) is 10.3. The third kappa shape index (κ3) is 6.38. The monoisotopic (exact) mass is 513 g/mol. The van der Waals surface area contributed by atoms with Gasteiger partial charge in [-0.2, -0.15) is 4.98 Å². The standard InChI is InChI=1S/C26H36ClN7O2/c1-32-10-12-33(13-11-32)20-5-6-23(21(17-20)19-3-4-19)30-26-29-18-22(27)25(31-26)28-8-2-9-34-14-16-36-15-7-24(34)35/h5-6,17-19H,2-4,7-16H2,1H3,(H2,28,29,30,31). The lowest BCUT2D eigenvalue weighted by Gasteiger charge is -2.34. The largest absolute Gasteiger partial charge is 0.379 e. The lowest BCUT2D eigenvalue weighted by molar-refractivity contribution is -0.130. The minimum absolute atomic E-state index is 0.157. The van der Waals surface area contributed by atoms with Crippen molar-refractivity contribution in [1.82, 2.24) is 19.8 Å². The van der Waals surface area contributed by atoms with Crippen molar-refractivity contribution in [3.63, 3.8) is 0 Å². The molecule has 3 aliphatic rings. The van der Waals surface area contributed by atoms with Crippen LogP contribution in [0.2, 0.25) is 5.02 Å². The lowest BCUT2D eigenvalue weighted by atomic mass is 10.1. The van der Waals surface area contributed by atoms with Crippen LogP contribution in [0.25, 0.3) is 0 Å². The number of nitrogens with zero attached hydrogens (tertiary/aromatic N) is 5. The summed E-state index contributed by atoms with van der Waals surface area (Å²) in [6.45, 7) is 7.42. The summed E-state index contributed by atoms with van der Waals surface area (Å²) in [6, 6.07) is 6.70. The van der Waals surface area contributed by atoms with Crippen LogP contribution in [0.3, 0.4) is 0 Å². The Kier molecular flexibility index (Phi) is 8.09. The van der Waals surface area contributed by atoms with Crippen LogP contribution >= 0.6 is 11.6 Å². The van der Waals surface area contributed by atoms with Gasteiger partial charge in [0.15, 0.2) is 0 Å². The van der Waals surface area contributed by atoms with Crippen molar-refractivity contribution in [3.8, 4) is 0 Å². The van der Waals surface area contributed by atoms with Crippen molar-refractivity contribution in [1.29, 1.82) is 0 Å². The lowest BCUT2D eigenvalue weighted by Crippen LogP contribution is -2.44. The smallest absolute Gasteiger partial charge is 0.229 e. The Morgan fingerprint density at radius 2 is 1.97 bits per heavy atom. The van der Waals surface area contributed by atoms with Crippen molar-refractivity contribution < 1.29 is 9.53 Å². The Labute approximate surface area is 218 Å². The third-order valence-electron chi connectivity index (χ3n) is 7.13. The van der Waals surface area contributed by atoms with E-state index in [1.807, 2.05) is 4.90 Å². The molecule has 9 nitrogen and oxygen atoms in total. The van der Waals surface area contributed by atoms with Gasteiger partial charge in [0.25, 0.3) is 0 Å². The first-order valence-corrected chi connectivity index (χ1v) is 13.4. The number of carbonyl (C=O) groups excluding carboxylic acids is 1. The second-order valence-electron chi connectivity index (χ2n) is 9.87. The van der Waals surface area contributed by atoms with E-state index in [-0.39, 0.29) is 5.91 Å². The number of nitrogens with one attached hydrogen (secondary N) is 2. The summed E-state index contributed by atoms with van der Waals surface area (Å²) < 4.78 is 5.39. The Morgan fingerprint density at radius 1 is 1.14 bits per heavy atom. The van der Waals surface area contributed by atoms with E-state index in [0.717, 1.165) is 38.3 Å². The minimum atomic E-state index is 0.157. The molecule has 36 heavy (non-hydrogen) atoms. The molecule has 2 aliphatic heterocycles.